The van der Waals surface area contributed by atoms with Crippen molar-refractivity contribution in [1.82, 2.24) is 4.31 Å². The number of hydrogen-bond donors (Lipinski definition) is 0. The van der Waals surface area contributed by atoms with E-state index in [1.807, 2.05) is 31.2 Å². The SMILES string of the molecule is COc1ccc(S(=O)(=O)N(CC(=O)N2c3ccccc3CC2C)C2CCCCC2)cc1OC. The van der Waals surface area contributed by atoms with E-state index in [0.717, 1.165) is 49.8 Å². The van der Waals surface area contributed by atoms with Crippen molar-refractivity contribution in [2.75, 3.05) is 25.7 Å². The second-order valence-electron chi connectivity index (χ2n) is 8.80. The Morgan fingerprint density at radius 1 is 1.03 bits per heavy atom. The zero-order valence-corrected chi connectivity index (χ0v) is 20.3. The van der Waals surface area contributed by atoms with E-state index in [9.17, 15) is 13.2 Å². The van der Waals surface area contributed by atoms with Crippen LogP contribution in [-0.2, 0) is 21.2 Å². The number of anilines is 1. The van der Waals surface area contributed by atoms with E-state index in [4.69, 9.17) is 9.47 Å². The number of amides is 1. The molecule has 1 unspecified atom stereocenters. The number of sulfonamides is 1. The lowest BCUT2D eigenvalue weighted by molar-refractivity contribution is -0.119. The van der Waals surface area contributed by atoms with Gasteiger partial charge in [-0.1, -0.05) is 37.5 Å². The number of benzene rings is 2. The van der Waals surface area contributed by atoms with Gasteiger partial charge in [0.25, 0.3) is 0 Å². The molecular weight excluding hydrogens is 440 g/mol. The first-order valence-electron chi connectivity index (χ1n) is 11.5. The quantitative estimate of drug-likeness (QED) is 0.609. The van der Waals surface area contributed by atoms with Gasteiger partial charge < -0.3 is 14.4 Å². The third-order valence-electron chi connectivity index (χ3n) is 6.71. The number of methoxy groups -OCH3 is 2. The number of hydrogen-bond acceptors (Lipinski definition) is 5. The molecule has 0 spiro atoms. The summed E-state index contributed by atoms with van der Waals surface area (Å²) in [6.07, 6.45) is 5.29. The number of carbonyl (C=O) groups excluding carboxylic acids is 1. The molecule has 7 nitrogen and oxygen atoms in total. The van der Waals surface area contributed by atoms with E-state index in [1.165, 1.54) is 30.7 Å². The van der Waals surface area contributed by atoms with Crippen LogP contribution in [0.15, 0.2) is 47.4 Å². The van der Waals surface area contributed by atoms with Gasteiger partial charge in [-0.3, -0.25) is 4.79 Å². The minimum Gasteiger partial charge on any atom is -0.493 e. The second-order valence-corrected chi connectivity index (χ2v) is 10.7. The van der Waals surface area contributed by atoms with E-state index < -0.39 is 10.0 Å². The zero-order chi connectivity index (χ0) is 23.6. The number of carbonyl (C=O) groups is 1. The highest BCUT2D eigenvalue weighted by atomic mass is 32.2. The Hall–Kier alpha value is -2.58. The number of fused-ring (bicyclic) bond motifs is 1. The van der Waals surface area contributed by atoms with Gasteiger partial charge in [0.15, 0.2) is 11.5 Å². The average Bonchev–Trinajstić information content (AvgIpc) is 3.18. The van der Waals surface area contributed by atoms with Crippen LogP contribution in [0, 0.1) is 0 Å². The molecule has 0 aromatic heterocycles. The van der Waals surface area contributed by atoms with Crippen LogP contribution in [0.4, 0.5) is 5.69 Å². The summed E-state index contributed by atoms with van der Waals surface area (Å²) in [7, 11) is -0.944. The Bertz CT molecular complexity index is 1110. The highest BCUT2D eigenvalue weighted by molar-refractivity contribution is 7.89. The summed E-state index contributed by atoms with van der Waals surface area (Å²) in [5.41, 5.74) is 1.99. The van der Waals surface area contributed by atoms with Crippen LogP contribution in [0.25, 0.3) is 0 Å². The molecule has 178 valence electrons. The first kappa shape index (κ1) is 23.6. The predicted molar refractivity (Wildman–Crippen MR) is 127 cm³/mol. The Labute approximate surface area is 196 Å². The molecule has 1 amide bonds. The smallest absolute Gasteiger partial charge is 0.243 e. The molecule has 1 aliphatic carbocycles. The van der Waals surface area contributed by atoms with Gasteiger partial charge in [0.1, 0.15) is 0 Å². The third-order valence-corrected chi connectivity index (χ3v) is 8.60. The van der Waals surface area contributed by atoms with E-state index in [1.54, 1.807) is 11.0 Å². The van der Waals surface area contributed by atoms with E-state index in [-0.39, 0.29) is 29.4 Å². The molecule has 1 aliphatic heterocycles. The average molecular weight is 473 g/mol. The summed E-state index contributed by atoms with van der Waals surface area (Å²) in [4.78, 5) is 15.4. The normalized spacial score (nSPS) is 18.9. The lowest BCUT2D eigenvalue weighted by atomic mass is 9.95. The monoisotopic (exact) mass is 472 g/mol. The fraction of sp³-hybridized carbons (Fsp3) is 0.480. The molecule has 0 saturated heterocycles. The molecule has 1 heterocycles. The van der Waals surface area contributed by atoms with Gasteiger partial charge in [0, 0.05) is 23.8 Å². The van der Waals surface area contributed by atoms with Gasteiger partial charge in [0.05, 0.1) is 25.7 Å². The number of ether oxygens (including phenoxy) is 2. The third kappa shape index (κ3) is 4.59. The van der Waals surface area contributed by atoms with Crippen LogP contribution >= 0.6 is 0 Å². The van der Waals surface area contributed by atoms with E-state index in [2.05, 4.69) is 0 Å². The van der Waals surface area contributed by atoms with Crippen molar-refractivity contribution in [3.63, 3.8) is 0 Å². The molecule has 2 aliphatic rings. The Morgan fingerprint density at radius 3 is 2.42 bits per heavy atom. The van der Waals surface area contributed by atoms with Crippen LogP contribution in [0.2, 0.25) is 0 Å². The van der Waals surface area contributed by atoms with Crippen molar-refractivity contribution >= 4 is 21.6 Å². The zero-order valence-electron chi connectivity index (χ0n) is 19.5. The Balaban J connectivity index is 1.68. The molecule has 1 atom stereocenters. The molecule has 8 heteroatoms. The molecule has 0 radical (unpaired) electrons. The second kappa shape index (κ2) is 9.73. The molecule has 1 fully saturated rings. The minimum atomic E-state index is -3.93. The highest BCUT2D eigenvalue weighted by Crippen LogP contribution is 2.35. The van der Waals surface area contributed by atoms with Crippen molar-refractivity contribution in [3.05, 3.63) is 48.0 Å². The molecule has 1 saturated carbocycles. The molecular formula is C25H32N2O5S. The Kier molecular flexibility index (Phi) is 6.95. The van der Waals surface area contributed by atoms with Crippen molar-refractivity contribution in [3.8, 4) is 11.5 Å². The van der Waals surface area contributed by atoms with E-state index in [0.29, 0.717) is 11.5 Å². The summed E-state index contributed by atoms with van der Waals surface area (Å²) < 4.78 is 39.7. The summed E-state index contributed by atoms with van der Waals surface area (Å²) in [5.74, 6) is 0.608. The topological polar surface area (TPSA) is 76.2 Å². The number of rotatable bonds is 7. The summed E-state index contributed by atoms with van der Waals surface area (Å²) in [5, 5.41) is 0. The molecule has 4 rings (SSSR count). The van der Waals surface area contributed by atoms with Gasteiger partial charge in [-0.05, 0) is 49.9 Å². The first-order valence-corrected chi connectivity index (χ1v) is 12.9. The molecule has 0 N–H and O–H groups in total. The van der Waals surface area contributed by atoms with Crippen molar-refractivity contribution in [2.24, 2.45) is 0 Å². The van der Waals surface area contributed by atoms with Crippen molar-refractivity contribution in [1.29, 1.82) is 0 Å². The van der Waals surface area contributed by atoms with Crippen LogP contribution in [0.1, 0.15) is 44.6 Å². The van der Waals surface area contributed by atoms with Crippen LogP contribution in [-0.4, -0.2) is 51.5 Å². The minimum absolute atomic E-state index is 0.00751. The lowest BCUT2D eigenvalue weighted by Crippen LogP contribution is -2.49. The highest BCUT2D eigenvalue weighted by Gasteiger charge is 2.38. The van der Waals surface area contributed by atoms with Crippen LogP contribution in [0.3, 0.4) is 0 Å². The lowest BCUT2D eigenvalue weighted by Gasteiger charge is -2.34. The number of nitrogens with zero attached hydrogens (tertiary/aromatic N) is 2. The standard InChI is InChI=1S/C25H32N2O5S/c1-18-15-19-9-7-8-12-22(19)27(18)25(28)17-26(20-10-5-4-6-11-20)33(29,30)21-13-14-23(31-2)24(16-21)32-3/h7-9,12-14,16,18,20H,4-6,10-11,15,17H2,1-3H3. The summed E-state index contributed by atoms with van der Waals surface area (Å²) >= 11 is 0. The maximum atomic E-state index is 13.8. The summed E-state index contributed by atoms with van der Waals surface area (Å²) in [6.45, 7) is 1.83. The molecule has 33 heavy (non-hydrogen) atoms. The van der Waals surface area contributed by atoms with Crippen LogP contribution in [0.5, 0.6) is 11.5 Å². The Morgan fingerprint density at radius 2 is 1.73 bits per heavy atom. The van der Waals surface area contributed by atoms with Gasteiger partial charge >= 0.3 is 0 Å². The summed E-state index contributed by atoms with van der Waals surface area (Å²) in [6, 6.07) is 12.2. The van der Waals surface area contributed by atoms with Gasteiger partial charge in [-0.2, -0.15) is 4.31 Å². The van der Waals surface area contributed by atoms with Gasteiger partial charge in [0.2, 0.25) is 15.9 Å². The van der Waals surface area contributed by atoms with Crippen molar-refractivity contribution in [2.45, 2.75) is 62.4 Å². The maximum Gasteiger partial charge on any atom is 0.243 e. The number of para-hydroxylation sites is 1. The van der Waals surface area contributed by atoms with Crippen molar-refractivity contribution < 1.29 is 22.7 Å². The van der Waals surface area contributed by atoms with Gasteiger partial charge in [-0.15, -0.1) is 0 Å². The van der Waals surface area contributed by atoms with E-state index >= 15 is 0 Å². The largest absolute Gasteiger partial charge is 0.493 e. The molecule has 2 aromatic rings. The van der Waals surface area contributed by atoms with Gasteiger partial charge in [-0.25, -0.2) is 8.42 Å². The fourth-order valence-electron chi connectivity index (χ4n) is 5.05. The molecule has 0 bridgehead atoms. The molecule has 2 aromatic carbocycles. The first-order chi connectivity index (χ1) is 15.9. The predicted octanol–water partition coefficient (Wildman–Crippen LogP) is 4.01. The fourth-order valence-corrected chi connectivity index (χ4v) is 6.70. The maximum absolute atomic E-state index is 13.8. The van der Waals surface area contributed by atoms with Crippen LogP contribution < -0.4 is 14.4 Å².